The second-order valence-electron chi connectivity index (χ2n) is 10.9. The van der Waals surface area contributed by atoms with Crippen LogP contribution >= 0.6 is 0 Å². The second-order valence-corrected chi connectivity index (χ2v) is 10.9. The first-order valence-electron chi connectivity index (χ1n) is 14.1. The lowest BCUT2D eigenvalue weighted by Gasteiger charge is -2.38. The Balaban J connectivity index is 1.16. The number of nitrogens with zero attached hydrogens (tertiary/aromatic N) is 7. The second kappa shape index (κ2) is 11.3. The Kier molecular flexibility index (Phi) is 7.38. The summed E-state index contributed by atoms with van der Waals surface area (Å²) in [6.45, 7) is 5.77. The van der Waals surface area contributed by atoms with Crippen LogP contribution in [-0.2, 0) is 9.53 Å². The molecule has 1 aliphatic rings. The van der Waals surface area contributed by atoms with Gasteiger partial charge in [0.15, 0.2) is 11.6 Å². The van der Waals surface area contributed by atoms with Crippen molar-refractivity contribution in [2.75, 3.05) is 12.4 Å². The number of aryl methyl sites for hydroxylation is 2. The predicted molar refractivity (Wildman–Crippen MR) is 158 cm³/mol. The van der Waals surface area contributed by atoms with Crippen LogP contribution < -0.4 is 10.6 Å². The van der Waals surface area contributed by atoms with E-state index in [0.717, 1.165) is 46.5 Å². The molecule has 5 heterocycles. The first-order chi connectivity index (χ1) is 20.3. The summed E-state index contributed by atoms with van der Waals surface area (Å²) >= 11 is 0. The van der Waals surface area contributed by atoms with E-state index in [0.29, 0.717) is 30.3 Å². The van der Waals surface area contributed by atoms with Gasteiger partial charge in [0.1, 0.15) is 23.6 Å². The van der Waals surface area contributed by atoms with Gasteiger partial charge in [0.05, 0.1) is 17.3 Å². The summed E-state index contributed by atoms with van der Waals surface area (Å²) in [5, 5.41) is 18.9. The fraction of sp³-hybridized carbons (Fsp3) is 0.367. The fourth-order valence-electron chi connectivity index (χ4n) is 5.67. The van der Waals surface area contributed by atoms with Crippen molar-refractivity contribution < 1.29 is 9.53 Å². The van der Waals surface area contributed by atoms with Gasteiger partial charge in [-0.15, -0.1) is 0 Å². The number of anilines is 2. The number of H-pyrrole nitrogens is 1. The van der Waals surface area contributed by atoms with Crippen LogP contribution in [-0.4, -0.2) is 58.5 Å². The van der Waals surface area contributed by atoms with Crippen molar-refractivity contribution in [2.45, 2.75) is 64.0 Å². The molecule has 0 spiro atoms. The van der Waals surface area contributed by atoms with Crippen molar-refractivity contribution in [3.05, 3.63) is 77.9 Å². The Labute approximate surface area is 243 Å². The molecule has 0 saturated heterocycles. The van der Waals surface area contributed by atoms with Crippen molar-refractivity contribution in [1.29, 1.82) is 0 Å². The molecule has 216 valence electrons. The Morgan fingerprint density at radius 2 is 1.95 bits per heavy atom. The number of amides is 1. The molecule has 0 aromatic carbocycles. The van der Waals surface area contributed by atoms with E-state index in [9.17, 15) is 4.79 Å². The summed E-state index contributed by atoms with van der Waals surface area (Å²) in [4.78, 5) is 31.9. The first kappa shape index (κ1) is 27.5. The van der Waals surface area contributed by atoms with E-state index in [1.807, 2.05) is 57.2 Å². The van der Waals surface area contributed by atoms with Crippen LogP contribution in [0.2, 0.25) is 0 Å². The minimum absolute atomic E-state index is 0.118. The highest BCUT2D eigenvalue weighted by Gasteiger charge is 2.43. The van der Waals surface area contributed by atoms with Crippen LogP contribution in [0.4, 0.5) is 11.6 Å². The van der Waals surface area contributed by atoms with Gasteiger partial charge >= 0.3 is 0 Å². The van der Waals surface area contributed by atoms with E-state index < -0.39 is 5.60 Å². The summed E-state index contributed by atoms with van der Waals surface area (Å²) < 4.78 is 7.60. The molecule has 5 aromatic heterocycles. The highest BCUT2D eigenvalue weighted by Crippen LogP contribution is 2.41. The van der Waals surface area contributed by atoms with Crippen molar-refractivity contribution in [3.63, 3.8) is 0 Å². The molecule has 12 heteroatoms. The number of carbonyl (C=O) groups is 1. The summed E-state index contributed by atoms with van der Waals surface area (Å²) in [5.41, 5.74) is 2.75. The third-order valence-corrected chi connectivity index (χ3v) is 8.11. The zero-order chi connectivity index (χ0) is 29.3. The Morgan fingerprint density at radius 1 is 1.12 bits per heavy atom. The normalized spacial score (nSPS) is 19.5. The smallest absolute Gasteiger partial charge is 0.252 e. The highest BCUT2D eigenvalue weighted by atomic mass is 16.5. The van der Waals surface area contributed by atoms with Crippen LogP contribution in [0.25, 0.3) is 16.7 Å². The molecule has 1 atom stereocenters. The van der Waals surface area contributed by atoms with Crippen molar-refractivity contribution in [1.82, 2.24) is 45.2 Å². The van der Waals surface area contributed by atoms with Gasteiger partial charge in [-0.3, -0.25) is 14.9 Å². The number of fused-ring (bicyclic) bond motifs is 1. The molecule has 1 saturated carbocycles. The third-order valence-electron chi connectivity index (χ3n) is 8.11. The average Bonchev–Trinajstić information content (AvgIpc) is 3.63. The molecule has 1 amide bonds. The molecule has 1 aliphatic carbocycles. The summed E-state index contributed by atoms with van der Waals surface area (Å²) in [6, 6.07) is 11.5. The highest BCUT2D eigenvalue weighted by molar-refractivity contribution is 5.86. The van der Waals surface area contributed by atoms with Gasteiger partial charge < -0.3 is 15.4 Å². The number of methoxy groups -OCH3 is 1. The summed E-state index contributed by atoms with van der Waals surface area (Å²) in [6.07, 6.45) is 7.68. The third kappa shape index (κ3) is 5.32. The van der Waals surface area contributed by atoms with Gasteiger partial charge in [-0.25, -0.2) is 15.0 Å². The molecule has 42 heavy (non-hydrogen) atoms. The number of ether oxygens (including phenoxy) is 1. The van der Waals surface area contributed by atoms with E-state index in [-0.39, 0.29) is 17.9 Å². The van der Waals surface area contributed by atoms with Gasteiger partial charge in [0.25, 0.3) is 5.91 Å². The lowest BCUT2D eigenvalue weighted by molar-refractivity contribution is -0.148. The van der Waals surface area contributed by atoms with Gasteiger partial charge in [-0.05, 0) is 70.2 Å². The number of carbonyl (C=O) groups excluding carboxylic acids is 1. The number of hydrogen-bond donors (Lipinski definition) is 3. The van der Waals surface area contributed by atoms with Crippen LogP contribution in [0.15, 0.2) is 55.1 Å². The molecule has 5 aromatic rings. The molecular formula is C30H34N10O2. The van der Waals surface area contributed by atoms with Crippen LogP contribution in [0, 0.1) is 13.8 Å². The largest absolute Gasteiger partial charge is 0.368 e. The average molecular weight is 567 g/mol. The maximum Gasteiger partial charge on any atom is 0.252 e. The van der Waals surface area contributed by atoms with Crippen molar-refractivity contribution >= 4 is 28.4 Å². The van der Waals surface area contributed by atoms with Crippen molar-refractivity contribution in [3.8, 4) is 5.82 Å². The molecule has 0 bridgehead atoms. The minimum atomic E-state index is -0.915. The lowest BCUT2D eigenvalue weighted by atomic mass is 9.76. The Hall–Kier alpha value is -4.71. The number of nitrogens with one attached hydrogen (secondary N) is 3. The zero-order valence-electron chi connectivity index (χ0n) is 24.1. The topological polar surface area (TPSA) is 148 Å². The van der Waals surface area contributed by atoms with Gasteiger partial charge in [-0.1, -0.05) is 12.1 Å². The summed E-state index contributed by atoms with van der Waals surface area (Å²) in [7, 11) is 1.62. The van der Waals surface area contributed by atoms with Crippen LogP contribution in [0.3, 0.4) is 0 Å². The van der Waals surface area contributed by atoms with E-state index in [2.05, 4.69) is 40.9 Å². The molecule has 3 N–H and O–H groups in total. The SMILES string of the molecule is CO[C@]1(C(=O)N[C@@H](C)c2ccc(-n3ncnc3C)nc2)CC[C@@H](c2nc(Nc3cc(C)[nH]n3)cc3cccnc32)CC1. The summed E-state index contributed by atoms with van der Waals surface area (Å²) in [5.74, 6) is 2.87. The Bertz CT molecular complexity index is 1700. The van der Waals surface area contributed by atoms with E-state index >= 15 is 0 Å². The van der Waals surface area contributed by atoms with E-state index in [4.69, 9.17) is 9.72 Å². The maximum atomic E-state index is 13.6. The van der Waals surface area contributed by atoms with Gasteiger partial charge in [-0.2, -0.15) is 14.9 Å². The monoisotopic (exact) mass is 566 g/mol. The standard InChI is InChI=1S/C30H34N10O2/c1-18-14-25(39-38-18)36-24-15-22-6-5-13-31-27(22)28(37-24)21-9-11-30(42-4,12-10-21)29(41)35-19(2)23-7-8-26(32-16-23)40-20(3)33-17-34-40/h5-8,13-17,19,21H,9-12H2,1-4H3,(H,35,41)(H2,36,37,38,39)/t19-,21-,30-/m0/s1. The molecule has 6 rings (SSSR count). The number of aromatic nitrogens is 8. The predicted octanol–water partition coefficient (Wildman–Crippen LogP) is 4.61. The van der Waals surface area contributed by atoms with Crippen LogP contribution in [0.1, 0.15) is 67.3 Å². The lowest BCUT2D eigenvalue weighted by Crippen LogP contribution is -2.50. The quantitative estimate of drug-likeness (QED) is 0.245. The van der Waals surface area contributed by atoms with E-state index in [1.165, 1.54) is 6.33 Å². The first-order valence-corrected chi connectivity index (χ1v) is 14.1. The maximum absolute atomic E-state index is 13.6. The molecule has 0 aliphatic heterocycles. The molecule has 1 fully saturated rings. The Morgan fingerprint density at radius 3 is 2.62 bits per heavy atom. The minimum Gasteiger partial charge on any atom is -0.368 e. The van der Waals surface area contributed by atoms with Crippen LogP contribution in [0.5, 0.6) is 0 Å². The van der Waals surface area contributed by atoms with Gasteiger partial charge in [0.2, 0.25) is 0 Å². The fourth-order valence-corrected chi connectivity index (χ4v) is 5.67. The van der Waals surface area contributed by atoms with Crippen molar-refractivity contribution in [2.24, 2.45) is 0 Å². The molecule has 0 radical (unpaired) electrons. The number of rotatable bonds is 8. The number of aromatic amines is 1. The molecule has 0 unspecified atom stereocenters. The van der Waals surface area contributed by atoms with E-state index in [1.54, 1.807) is 24.2 Å². The number of pyridine rings is 3. The zero-order valence-corrected chi connectivity index (χ0v) is 24.1. The molecule has 12 nitrogen and oxygen atoms in total. The van der Waals surface area contributed by atoms with Gasteiger partial charge in [0, 0.05) is 42.6 Å². The molecular weight excluding hydrogens is 532 g/mol. The number of hydrogen-bond acceptors (Lipinski definition) is 9.